The molecule has 8 heteroatoms. The monoisotopic (exact) mass is 471 g/mol. The van der Waals surface area contributed by atoms with E-state index in [-0.39, 0.29) is 28.0 Å². The van der Waals surface area contributed by atoms with Crippen LogP contribution in [0.4, 0.5) is 5.69 Å². The van der Waals surface area contributed by atoms with Crippen molar-refractivity contribution in [2.75, 3.05) is 19.0 Å². The second-order valence-electron chi connectivity index (χ2n) is 8.07. The van der Waals surface area contributed by atoms with Gasteiger partial charge in [0.25, 0.3) is 0 Å². The molecule has 2 aromatic carbocycles. The number of benzene rings is 2. The van der Waals surface area contributed by atoms with Gasteiger partial charge in [-0.05, 0) is 36.2 Å². The third-order valence-electron chi connectivity index (χ3n) is 5.28. The van der Waals surface area contributed by atoms with Gasteiger partial charge in [0, 0.05) is 28.2 Å². The smallest absolute Gasteiger partial charge is 0.225 e. The summed E-state index contributed by atoms with van der Waals surface area (Å²) >= 11 is 1.35. The van der Waals surface area contributed by atoms with Crippen LogP contribution < -0.4 is 14.8 Å². The van der Waals surface area contributed by atoms with Crippen LogP contribution in [0.2, 0.25) is 0 Å². The lowest BCUT2D eigenvalue weighted by Gasteiger charge is -2.25. The van der Waals surface area contributed by atoms with E-state index in [4.69, 9.17) is 9.47 Å². The first-order chi connectivity index (χ1) is 15.3. The van der Waals surface area contributed by atoms with Crippen LogP contribution in [0, 0.1) is 5.92 Å². The molecule has 1 aliphatic heterocycles. The van der Waals surface area contributed by atoms with Crippen LogP contribution in [0.1, 0.15) is 36.6 Å². The SMILES string of the molecule is COc1ccc(S(=O)(=O)c2csc3c2NC(=O)CC3c2ccccc2OCC(C)C)cc1. The van der Waals surface area contributed by atoms with Crippen LogP contribution >= 0.6 is 11.3 Å². The van der Waals surface area contributed by atoms with Crippen LogP contribution in [-0.4, -0.2) is 28.0 Å². The average molecular weight is 472 g/mol. The number of thiophene rings is 1. The Morgan fingerprint density at radius 1 is 1.12 bits per heavy atom. The summed E-state index contributed by atoms with van der Waals surface area (Å²) in [7, 11) is -2.29. The number of carbonyl (C=O) groups excluding carboxylic acids is 1. The van der Waals surface area contributed by atoms with Crippen molar-refractivity contribution in [3.05, 3.63) is 64.4 Å². The van der Waals surface area contributed by atoms with E-state index in [2.05, 4.69) is 19.2 Å². The fourth-order valence-corrected chi connectivity index (χ4v) is 6.59. The highest BCUT2D eigenvalue weighted by Crippen LogP contribution is 2.47. The van der Waals surface area contributed by atoms with Gasteiger partial charge < -0.3 is 14.8 Å². The maximum atomic E-state index is 13.4. The second-order valence-corrected chi connectivity index (χ2v) is 10.9. The number of hydrogen-bond acceptors (Lipinski definition) is 6. The quantitative estimate of drug-likeness (QED) is 0.519. The molecule has 1 aromatic heterocycles. The van der Waals surface area contributed by atoms with Crippen LogP contribution in [0.15, 0.2) is 63.7 Å². The van der Waals surface area contributed by atoms with Gasteiger partial charge in [0.2, 0.25) is 15.7 Å². The zero-order valence-corrected chi connectivity index (χ0v) is 19.8. The molecule has 0 radical (unpaired) electrons. The normalized spacial score (nSPS) is 15.9. The topological polar surface area (TPSA) is 81.7 Å². The van der Waals surface area contributed by atoms with Gasteiger partial charge in [0.05, 0.1) is 24.3 Å². The van der Waals surface area contributed by atoms with Gasteiger partial charge in [-0.25, -0.2) is 8.42 Å². The van der Waals surface area contributed by atoms with Crippen LogP contribution in [0.25, 0.3) is 0 Å². The first kappa shape index (κ1) is 22.4. The lowest BCUT2D eigenvalue weighted by Crippen LogP contribution is -2.24. The maximum Gasteiger partial charge on any atom is 0.225 e. The number of carbonyl (C=O) groups is 1. The third-order valence-corrected chi connectivity index (χ3v) is 8.32. The van der Waals surface area contributed by atoms with E-state index < -0.39 is 9.84 Å². The van der Waals surface area contributed by atoms with Crippen molar-refractivity contribution in [3.63, 3.8) is 0 Å². The number of hydrogen-bond donors (Lipinski definition) is 1. The molecule has 0 fully saturated rings. The Morgan fingerprint density at radius 2 is 1.84 bits per heavy atom. The molecular weight excluding hydrogens is 446 g/mol. The molecule has 4 rings (SSSR count). The predicted octanol–water partition coefficient (Wildman–Crippen LogP) is 5.10. The summed E-state index contributed by atoms with van der Waals surface area (Å²) in [5, 5.41) is 4.41. The van der Waals surface area contributed by atoms with Crippen molar-refractivity contribution < 1.29 is 22.7 Å². The third kappa shape index (κ3) is 4.25. The Bertz CT molecular complexity index is 1230. The predicted molar refractivity (Wildman–Crippen MR) is 125 cm³/mol. The molecule has 0 saturated carbocycles. The van der Waals surface area contributed by atoms with E-state index in [0.29, 0.717) is 24.0 Å². The summed E-state index contributed by atoms with van der Waals surface area (Å²) in [5.41, 5.74) is 1.25. The molecular formula is C24H25NO5S2. The highest BCUT2D eigenvalue weighted by molar-refractivity contribution is 7.91. The van der Waals surface area contributed by atoms with E-state index in [1.54, 1.807) is 17.5 Å². The standard InChI is InChI=1S/C24H25NO5S2/c1-15(2)13-30-20-7-5-4-6-18(20)19-12-22(26)25-23-21(14-31-24(19)23)32(27,28)17-10-8-16(29-3)9-11-17/h4-11,14-15,19H,12-13H2,1-3H3,(H,25,26). The van der Waals surface area contributed by atoms with Gasteiger partial charge in [0.15, 0.2) is 0 Å². The Labute approximate surface area is 192 Å². The fourth-order valence-electron chi connectivity index (χ4n) is 3.69. The average Bonchev–Trinajstić information content (AvgIpc) is 3.22. The van der Waals surface area contributed by atoms with Gasteiger partial charge in [0.1, 0.15) is 16.4 Å². The first-order valence-corrected chi connectivity index (χ1v) is 12.7. The highest BCUT2D eigenvalue weighted by atomic mass is 32.2. The number of para-hydroxylation sites is 1. The minimum Gasteiger partial charge on any atom is -0.497 e. The Kier molecular flexibility index (Phi) is 6.26. The van der Waals surface area contributed by atoms with Gasteiger partial charge in [-0.1, -0.05) is 32.0 Å². The molecule has 32 heavy (non-hydrogen) atoms. The molecule has 0 saturated heterocycles. The van der Waals surface area contributed by atoms with E-state index >= 15 is 0 Å². The number of nitrogens with one attached hydrogen (secondary N) is 1. The van der Waals surface area contributed by atoms with Crippen molar-refractivity contribution in [1.82, 2.24) is 0 Å². The molecule has 0 bridgehead atoms. The van der Waals surface area contributed by atoms with Gasteiger partial charge in [-0.2, -0.15) is 0 Å². The number of amides is 1. The van der Waals surface area contributed by atoms with E-state index in [1.165, 1.54) is 30.6 Å². The van der Waals surface area contributed by atoms with Gasteiger partial charge >= 0.3 is 0 Å². The summed E-state index contributed by atoms with van der Waals surface area (Å²) < 4.78 is 37.8. The van der Waals surface area contributed by atoms with Crippen LogP contribution in [0.5, 0.6) is 11.5 Å². The number of fused-ring (bicyclic) bond motifs is 1. The number of sulfone groups is 1. The first-order valence-electron chi connectivity index (χ1n) is 10.3. The zero-order valence-electron chi connectivity index (χ0n) is 18.1. The van der Waals surface area contributed by atoms with E-state index in [9.17, 15) is 13.2 Å². The molecule has 1 unspecified atom stereocenters. The zero-order chi connectivity index (χ0) is 22.9. The van der Waals surface area contributed by atoms with Crippen LogP contribution in [-0.2, 0) is 14.6 Å². The molecule has 2 heterocycles. The lowest BCUT2D eigenvalue weighted by molar-refractivity contribution is -0.116. The van der Waals surface area contributed by atoms with Crippen molar-refractivity contribution in [2.24, 2.45) is 5.92 Å². The molecule has 1 amide bonds. The van der Waals surface area contributed by atoms with Gasteiger partial charge in [-0.15, -0.1) is 11.3 Å². The number of methoxy groups -OCH3 is 1. The molecule has 0 spiro atoms. The summed E-state index contributed by atoms with van der Waals surface area (Å²) in [6, 6.07) is 13.9. The summed E-state index contributed by atoms with van der Waals surface area (Å²) in [4.78, 5) is 13.7. The Morgan fingerprint density at radius 3 is 2.53 bits per heavy atom. The Hall–Kier alpha value is -2.84. The van der Waals surface area contributed by atoms with Crippen molar-refractivity contribution in [1.29, 1.82) is 0 Å². The molecule has 1 N–H and O–H groups in total. The summed E-state index contributed by atoms with van der Waals surface area (Å²) in [5.74, 6) is 1.16. The summed E-state index contributed by atoms with van der Waals surface area (Å²) in [6.07, 6.45) is 0.234. The molecule has 1 aliphatic rings. The van der Waals surface area contributed by atoms with Crippen molar-refractivity contribution in [3.8, 4) is 11.5 Å². The molecule has 0 aliphatic carbocycles. The maximum absolute atomic E-state index is 13.4. The Balaban J connectivity index is 1.76. The minimum absolute atomic E-state index is 0.112. The molecule has 168 valence electrons. The molecule has 3 aromatic rings. The van der Waals surface area contributed by atoms with Crippen LogP contribution in [0.3, 0.4) is 0 Å². The summed E-state index contributed by atoms with van der Waals surface area (Å²) in [6.45, 7) is 4.71. The number of rotatable bonds is 7. The van der Waals surface area contributed by atoms with Gasteiger partial charge in [-0.3, -0.25) is 4.79 Å². The fraction of sp³-hybridized carbons (Fsp3) is 0.292. The van der Waals surface area contributed by atoms with E-state index in [1.807, 2.05) is 24.3 Å². The largest absolute Gasteiger partial charge is 0.497 e. The minimum atomic E-state index is -3.81. The van der Waals surface area contributed by atoms with E-state index in [0.717, 1.165) is 16.2 Å². The molecule has 1 atom stereocenters. The lowest BCUT2D eigenvalue weighted by atomic mass is 9.90. The number of ether oxygens (including phenoxy) is 2. The van der Waals surface area contributed by atoms with Crippen molar-refractivity contribution in [2.45, 2.75) is 36.0 Å². The molecule has 6 nitrogen and oxygen atoms in total. The second kappa shape index (κ2) is 8.96. The highest BCUT2D eigenvalue weighted by Gasteiger charge is 2.35. The number of anilines is 1. The van der Waals surface area contributed by atoms with Crippen molar-refractivity contribution >= 4 is 32.8 Å².